The molecule has 208 valence electrons. The van der Waals surface area contributed by atoms with Crippen molar-refractivity contribution in [3.05, 3.63) is 22.3 Å². The lowest BCUT2D eigenvalue weighted by Gasteiger charge is -2.67. The lowest BCUT2D eigenvalue weighted by molar-refractivity contribution is -0.410. The second-order valence-electron chi connectivity index (χ2n) is 12.2. The Morgan fingerprint density at radius 3 is 2.42 bits per heavy atom. The molecule has 38 heavy (non-hydrogen) atoms. The molecule has 2 bridgehead atoms. The van der Waals surface area contributed by atoms with Gasteiger partial charge in [0.2, 0.25) is 0 Å². The molecular weight excluding hydrogens is 496 g/mol. The average Bonchev–Trinajstić information content (AvgIpc) is 3.31. The molecular formula is C28H36O10. The van der Waals surface area contributed by atoms with Crippen molar-refractivity contribution < 1.29 is 47.9 Å². The van der Waals surface area contributed by atoms with Crippen LogP contribution < -0.4 is 9.47 Å². The molecule has 0 aromatic heterocycles. The van der Waals surface area contributed by atoms with Gasteiger partial charge in [-0.3, -0.25) is 4.79 Å². The Morgan fingerprint density at radius 2 is 1.79 bits per heavy atom. The molecule has 10 heteroatoms. The summed E-state index contributed by atoms with van der Waals surface area (Å²) in [6.07, 6.45) is -0.990. The van der Waals surface area contributed by atoms with Crippen LogP contribution in [-0.2, 0) is 41.5 Å². The largest absolute Gasteiger partial charge is 0.495 e. The minimum Gasteiger partial charge on any atom is -0.495 e. The van der Waals surface area contributed by atoms with Gasteiger partial charge in [0.1, 0.15) is 46.6 Å². The highest BCUT2D eigenvalue weighted by molar-refractivity contribution is 5.98. The van der Waals surface area contributed by atoms with E-state index in [2.05, 4.69) is 0 Å². The summed E-state index contributed by atoms with van der Waals surface area (Å²) in [5.41, 5.74) is -1.45. The first-order valence-corrected chi connectivity index (χ1v) is 13.1. The van der Waals surface area contributed by atoms with Gasteiger partial charge in [0, 0.05) is 42.9 Å². The van der Waals surface area contributed by atoms with E-state index >= 15 is 0 Å². The quantitative estimate of drug-likeness (QED) is 0.582. The van der Waals surface area contributed by atoms with Crippen LogP contribution in [0.5, 0.6) is 11.5 Å². The number of esters is 2. The molecule has 5 aliphatic rings. The molecule has 3 fully saturated rings. The first-order valence-electron chi connectivity index (χ1n) is 13.1. The Labute approximate surface area is 221 Å². The highest BCUT2D eigenvalue weighted by Crippen LogP contribution is 2.71. The fourth-order valence-corrected chi connectivity index (χ4v) is 8.60. The minimum atomic E-state index is -1.48. The Hall–Kier alpha value is -2.40. The number of carbonyl (C=O) groups is 2. The number of benzene rings is 1. The summed E-state index contributed by atoms with van der Waals surface area (Å²) >= 11 is 0. The maximum absolute atomic E-state index is 12.7. The summed E-state index contributed by atoms with van der Waals surface area (Å²) in [4.78, 5) is 25.1. The molecule has 0 unspecified atom stereocenters. The third-order valence-corrected chi connectivity index (χ3v) is 10.0. The smallest absolute Gasteiger partial charge is 0.342 e. The third-order valence-electron chi connectivity index (χ3n) is 10.0. The van der Waals surface area contributed by atoms with Crippen LogP contribution in [0.25, 0.3) is 0 Å². The van der Waals surface area contributed by atoms with Crippen LogP contribution in [0.2, 0.25) is 0 Å². The number of fused-ring (bicyclic) bond motifs is 5. The van der Waals surface area contributed by atoms with Crippen molar-refractivity contribution in [2.75, 3.05) is 14.2 Å². The highest BCUT2D eigenvalue weighted by atomic mass is 16.9. The number of cyclic esters (lactones) is 1. The zero-order valence-electron chi connectivity index (χ0n) is 23.2. The monoisotopic (exact) mass is 532 g/mol. The number of aliphatic hydroxyl groups excluding tert-OH is 1. The van der Waals surface area contributed by atoms with Gasteiger partial charge in [-0.25, -0.2) is 4.79 Å². The van der Waals surface area contributed by atoms with Crippen molar-refractivity contribution in [3.63, 3.8) is 0 Å². The Bertz CT molecular complexity index is 1260. The van der Waals surface area contributed by atoms with Crippen LogP contribution in [0, 0.1) is 18.3 Å². The summed E-state index contributed by atoms with van der Waals surface area (Å²) < 4.78 is 42.9. The number of carbonyl (C=O) groups excluding carboxylic acids is 2. The van der Waals surface area contributed by atoms with Crippen molar-refractivity contribution in [3.8, 4) is 11.5 Å². The number of methoxy groups -OCH3 is 2. The van der Waals surface area contributed by atoms with E-state index in [0.29, 0.717) is 23.5 Å². The SMILES string of the molecule is COc1c2c(c(C)c3c1C(=O)OC3)O[C@]1(C)C[C@@H](O)[C@@]34O[C@@](OC)(C[C@H](OC(C)=O)[C@]3(C)[C@@H]1C2)OC4(C)C. The molecule has 1 saturated carbocycles. The predicted molar refractivity (Wildman–Crippen MR) is 131 cm³/mol. The van der Waals surface area contributed by atoms with Gasteiger partial charge in [0.15, 0.2) is 0 Å². The number of hydrogen-bond donors (Lipinski definition) is 1. The molecule has 10 nitrogen and oxygen atoms in total. The number of rotatable bonds is 3. The second kappa shape index (κ2) is 7.62. The summed E-state index contributed by atoms with van der Waals surface area (Å²) in [5.74, 6) is -1.63. The van der Waals surface area contributed by atoms with E-state index in [4.69, 9.17) is 33.2 Å². The second-order valence-corrected chi connectivity index (χ2v) is 12.2. The van der Waals surface area contributed by atoms with Gasteiger partial charge in [-0.15, -0.1) is 0 Å². The maximum Gasteiger partial charge on any atom is 0.342 e. The van der Waals surface area contributed by atoms with Crippen molar-refractivity contribution in [1.82, 2.24) is 0 Å². The lowest BCUT2D eigenvalue weighted by atomic mass is 9.45. The highest BCUT2D eigenvalue weighted by Gasteiger charge is 2.84. The van der Waals surface area contributed by atoms with Gasteiger partial charge < -0.3 is 38.3 Å². The van der Waals surface area contributed by atoms with Gasteiger partial charge in [-0.1, -0.05) is 6.92 Å². The van der Waals surface area contributed by atoms with Gasteiger partial charge in [0.05, 0.1) is 19.6 Å². The van der Waals surface area contributed by atoms with Crippen LogP contribution in [0.15, 0.2) is 0 Å². The zero-order valence-corrected chi connectivity index (χ0v) is 23.2. The maximum atomic E-state index is 12.7. The summed E-state index contributed by atoms with van der Waals surface area (Å²) in [6.45, 7) is 11.1. The molecule has 1 spiro atoms. The fourth-order valence-electron chi connectivity index (χ4n) is 8.60. The first kappa shape index (κ1) is 25.9. The molecule has 2 saturated heterocycles. The van der Waals surface area contributed by atoms with Gasteiger partial charge in [0.25, 0.3) is 5.97 Å². The first-order chi connectivity index (χ1) is 17.7. The molecule has 1 N–H and O–H groups in total. The molecule has 6 rings (SSSR count). The fraction of sp³-hybridized carbons (Fsp3) is 0.714. The molecule has 0 amide bonds. The summed E-state index contributed by atoms with van der Waals surface area (Å²) in [6, 6.07) is 0. The number of aliphatic hydroxyl groups is 1. The van der Waals surface area contributed by atoms with Crippen LogP contribution in [0.1, 0.15) is 74.5 Å². The number of hydrogen-bond acceptors (Lipinski definition) is 10. The normalized spacial score (nSPS) is 41.7. The molecule has 1 aromatic rings. The lowest BCUT2D eigenvalue weighted by Crippen LogP contribution is -2.80. The molecule has 7 atom stereocenters. The van der Waals surface area contributed by atoms with E-state index in [1.54, 1.807) is 0 Å². The topological polar surface area (TPSA) is 119 Å². The van der Waals surface area contributed by atoms with E-state index < -0.39 is 52.3 Å². The van der Waals surface area contributed by atoms with Crippen LogP contribution >= 0.6 is 0 Å². The molecule has 4 aliphatic heterocycles. The Kier molecular flexibility index (Phi) is 5.18. The zero-order chi connectivity index (χ0) is 27.6. The van der Waals surface area contributed by atoms with Crippen LogP contribution in [0.4, 0.5) is 0 Å². The predicted octanol–water partition coefficient (Wildman–Crippen LogP) is 2.95. The van der Waals surface area contributed by atoms with E-state index in [1.165, 1.54) is 21.1 Å². The summed E-state index contributed by atoms with van der Waals surface area (Å²) in [7, 11) is 3.01. The Balaban J connectivity index is 1.60. The van der Waals surface area contributed by atoms with E-state index in [9.17, 15) is 14.7 Å². The molecule has 0 radical (unpaired) electrons. The van der Waals surface area contributed by atoms with Gasteiger partial charge in [-0.05, 0) is 39.7 Å². The molecule has 1 aliphatic carbocycles. The third kappa shape index (κ3) is 2.82. The summed E-state index contributed by atoms with van der Waals surface area (Å²) in [5, 5.41) is 12.0. The molecule has 4 heterocycles. The Morgan fingerprint density at radius 1 is 1.08 bits per heavy atom. The standard InChI is InChI=1S/C28H36O10/c1-13-16-12-34-23(31)20(16)22(32-7)15-9-17-25(5,36-21(13)15)10-18(30)28-24(3,4)37-27(33-8,38-28)11-19(26(17,28)6)35-14(2)29/h17-19,30H,9-12H2,1-8H3/t17-,18-,19+,25-,26+,27-,28+/m1/s1. The van der Waals surface area contributed by atoms with Crippen molar-refractivity contribution >= 4 is 11.9 Å². The van der Waals surface area contributed by atoms with Crippen LogP contribution in [-0.4, -0.2) is 66.2 Å². The van der Waals surface area contributed by atoms with Crippen molar-refractivity contribution in [2.24, 2.45) is 11.3 Å². The van der Waals surface area contributed by atoms with Crippen LogP contribution in [0.3, 0.4) is 0 Å². The number of ether oxygens (including phenoxy) is 7. The van der Waals surface area contributed by atoms with E-state index in [1.807, 2.05) is 34.6 Å². The molecule has 1 aromatic carbocycles. The average molecular weight is 533 g/mol. The van der Waals surface area contributed by atoms with Crippen molar-refractivity contribution in [2.45, 2.75) is 102 Å². The van der Waals surface area contributed by atoms with Crippen molar-refractivity contribution in [1.29, 1.82) is 0 Å². The van der Waals surface area contributed by atoms with E-state index in [-0.39, 0.29) is 25.4 Å². The van der Waals surface area contributed by atoms with E-state index in [0.717, 1.165) is 16.7 Å². The van der Waals surface area contributed by atoms with Gasteiger partial charge in [-0.2, -0.15) is 0 Å². The minimum absolute atomic E-state index is 0.115. The van der Waals surface area contributed by atoms with Gasteiger partial charge >= 0.3 is 11.9 Å².